The Balaban J connectivity index is 2.36. The Hall–Kier alpha value is -0.570. The van der Waals surface area contributed by atoms with Gasteiger partial charge in [0.25, 0.3) is 0 Å². The van der Waals surface area contributed by atoms with Crippen LogP contribution in [0, 0.1) is 0 Å². The molecule has 0 saturated heterocycles. The Labute approximate surface area is 42.2 Å². The van der Waals surface area contributed by atoms with Gasteiger partial charge in [0.1, 0.15) is 6.61 Å². The molecule has 0 aromatic carbocycles. The number of ether oxygens (including phenoxy) is 1. The minimum Gasteiger partial charge on any atom is -0.478 e. The van der Waals surface area contributed by atoms with Crippen LogP contribution in [0.4, 0.5) is 0 Å². The van der Waals surface area contributed by atoms with Crippen LogP contribution >= 0.6 is 0 Å². The molecule has 0 bridgehead atoms. The van der Waals surface area contributed by atoms with E-state index in [9.17, 15) is 0 Å². The van der Waals surface area contributed by atoms with Gasteiger partial charge in [0, 0.05) is 0 Å². The zero-order valence-electron chi connectivity index (χ0n) is 4.05. The van der Waals surface area contributed by atoms with E-state index in [1.807, 2.05) is 0 Å². The Bertz CT molecular complexity index is 89.7. The Kier molecular flexibility index (Phi) is 1.26. The van der Waals surface area contributed by atoms with Gasteiger partial charge in [0.05, 0.1) is 13.1 Å². The smallest absolute Gasteiger partial charge is 0.197 e. The van der Waals surface area contributed by atoms with Gasteiger partial charge in [-0.2, -0.15) is 0 Å². The predicted octanol–water partition coefficient (Wildman–Crippen LogP) is -0.626. The Morgan fingerprint density at radius 2 is 2.71 bits per heavy atom. The molecule has 1 aliphatic rings. The molecule has 40 valence electrons. The topological polar surface area (TPSA) is 47.6 Å². The second-order valence-electron chi connectivity index (χ2n) is 1.33. The summed E-state index contributed by atoms with van der Waals surface area (Å²) in [6.45, 7) is 1.94. The highest BCUT2D eigenvalue weighted by Gasteiger charge is 2.01. The predicted molar refractivity (Wildman–Crippen MR) is 27.3 cm³/mol. The molecule has 0 amide bonds. The SMILES string of the molecule is NCC1=NCCO1. The number of aliphatic imine (C=N–C) groups is 1. The fourth-order valence-corrected chi connectivity index (χ4v) is 0.503. The maximum absolute atomic E-state index is 5.18. The molecular weight excluding hydrogens is 92.1 g/mol. The zero-order chi connectivity index (χ0) is 5.11. The quantitative estimate of drug-likeness (QED) is 0.477. The van der Waals surface area contributed by atoms with E-state index in [1.165, 1.54) is 0 Å². The first kappa shape index (κ1) is 4.59. The first-order valence-electron chi connectivity index (χ1n) is 2.29. The lowest BCUT2D eigenvalue weighted by molar-refractivity contribution is 0.342. The minimum atomic E-state index is 0.444. The third kappa shape index (κ3) is 0.899. The summed E-state index contributed by atoms with van der Waals surface area (Å²) in [4.78, 5) is 3.92. The molecule has 0 aliphatic carbocycles. The van der Waals surface area contributed by atoms with Gasteiger partial charge in [-0.05, 0) is 0 Å². The summed E-state index contributed by atoms with van der Waals surface area (Å²) in [5, 5.41) is 0. The summed E-state index contributed by atoms with van der Waals surface area (Å²) in [6.07, 6.45) is 0. The molecule has 0 spiro atoms. The van der Waals surface area contributed by atoms with Crippen LogP contribution in [-0.4, -0.2) is 25.6 Å². The van der Waals surface area contributed by atoms with Gasteiger partial charge in [-0.25, -0.2) is 0 Å². The number of hydrogen-bond donors (Lipinski definition) is 1. The van der Waals surface area contributed by atoms with Crippen molar-refractivity contribution in [3.63, 3.8) is 0 Å². The van der Waals surface area contributed by atoms with Gasteiger partial charge in [-0.15, -0.1) is 0 Å². The molecule has 1 aliphatic heterocycles. The Morgan fingerprint density at radius 3 is 3.00 bits per heavy atom. The monoisotopic (exact) mass is 100 g/mol. The molecule has 0 unspecified atom stereocenters. The highest BCUT2D eigenvalue weighted by Crippen LogP contribution is 1.89. The summed E-state index contributed by atoms with van der Waals surface area (Å²) in [7, 11) is 0. The van der Waals surface area contributed by atoms with Crippen LogP contribution in [-0.2, 0) is 4.74 Å². The van der Waals surface area contributed by atoms with Crippen LogP contribution in [0.2, 0.25) is 0 Å². The van der Waals surface area contributed by atoms with Crippen molar-refractivity contribution in [3.8, 4) is 0 Å². The normalized spacial score (nSPS) is 18.7. The van der Waals surface area contributed by atoms with Gasteiger partial charge in [0.2, 0.25) is 0 Å². The molecule has 0 aromatic heterocycles. The number of rotatable bonds is 1. The summed E-state index contributed by atoms with van der Waals surface area (Å²) < 4.78 is 4.93. The first-order valence-corrected chi connectivity index (χ1v) is 2.29. The van der Waals surface area contributed by atoms with E-state index in [4.69, 9.17) is 10.5 Å². The van der Waals surface area contributed by atoms with Crippen molar-refractivity contribution in [1.82, 2.24) is 0 Å². The van der Waals surface area contributed by atoms with Crippen LogP contribution in [0.25, 0.3) is 0 Å². The van der Waals surface area contributed by atoms with Crippen LogP contribution < -0.4 is 5.73 Å². The second kappa shape index (κ2) is 1.93. The molecule has 1 rings (SSSR count). The number of nitrogens with two attached hydrogens (primary N) is 1. The molecule has 1 heterocycles. The van der Waals surface area contributed by atoms with Crippen molar-refractivity contribution in [3.05, 3.63) is 0 Å². The van der Waals surface area contributed by atoms with Gasteiger partial charge >= 0.3 is 0 Å². The highest BCUT2D eigenvalue weighted by atomic mass is 16.5. The molecule has 0 atom stereocenters. The van der Waals surface area contributed by atoms with Crippen molar-refractivity contribution in [1.29, 1.82) is 0 Å². The average molecular weight is 100 g/mol. The van der Waals surface area contributed by atoms with Gasteiger partial charge in [-0.3, -0.25) is 4.99 Å². The Morgan fingerprint density at radius 1 is 1.86 bits per heavy atom. The molecule has 0 saturated carbocycles. The standard InChI is InChI=1S/C4H8N2O/c5-3-4-6-1-2-7-4/h1-3,5H2. The second-order valence-corrected chi connectivity index (χ2v) is 1.33. The lowest BCUT2D eigenvalue weighted by Gasteiger charge is -1.91. The fraction of sp³-hybridized carbons (Fsp3) is 0.750. The van der Waals surface area contributed by atoms with Crippen molar-refractivity contribution in [2.75, 3.05) is 19.7 Å². The summed E-state index contributed by atoms with van der Waals surface area (Å²) in [5.41, 5.74) is 5.18. The van der Waals surface area contributed by atoms with E-state index < -0.39 is 0 Å². The molecule has 7 heavy (non-hydrogen) atoms. The molecule has 0 fully saturated rings. The fourth-order valence-electron chi connectivity index (χ4n) is 0.503. The maximum atomic E-state index is 5.18. The molecule has 0 aromatic rings. The van der Waals surface area contributed by atoms with Gasteiger partial charge in [-0.1, -0.05) is 0 Å². The highest BCUT2D eigenvalue weighted by molar-refractivity contribution is 5.78. The van der Waals surface area contributed by atoms with Crippen LogP contribution in [0.3, 0.4) is 0 Å². The summed E-state index contributed by atoms with van der Waals surface area (Å²) >= 11 is 0. The summed E-state index contributed by atoms with van der Waals surface area (Å²) in [6, 6.07) is 0. The van der Waals surface area contributed by atoms with Crippen LogP contribution in [0.1, 0.15) is 0 Å². The maximum Gasteiger partial charge on any atom is 0.197 e. The van der Waals surface area contributed by atoms with E-state index in [2.05, 4.69) is 4.99 Å². The van der Waals surface area contributed by atoms with Crippen molar-refractivity contribution in [2.45, 2.75) is 0 Å². The van der Waals surface area contributed by atoms with E-state index in [0.717, 1.165) is 6.54 Å². The molecule has 0 radical (unpaired) electrons. The lowest BCUT2D eigenvalue weighted by Crippen LogP contribution is -2.13. The average Bonchev–Trinajstić information content (AvgIpc) is 2.14. The summed E-state index contributed by atoms with van der Waals surface area (Å²) in [5.74, 6) is 0.694. The minimum absolute atomic E-state index is 0.444. The van der Waals surface area contributed by atoms with E-state index in [0.29, 0.717) is 19.0 Å². The lowest BCUT2D eigenvalue weighted by atomic mass is 10.7. The molecular formula is C4H8N2O. The zero-order valence-corrected chi connectivity index (χ0v) is 4.05. The molecule has 3 nitrogen and oxygen atoms in total. The van der Waals surface area contributed by atoms with Crippen LogP contribution in [0.15, 0.2) is 4.99 Å². The third-order valence-electron chi connectivity index (χ3n) is 0.823. The molecule has 3 heteroatoms. The van der Waals surface area contributed by atoms with E-state index in [-0.39, 0.29) is 0 Å². The number of nitrogens with zero attached hydrogens (tertiary/aromatic N) is 1. The van der Waals surface area contributed by atoms with Crippen molar-refractivity contribution in [2.24, 2.45) is 10.7 Å². The van der Waals surface area contributed by atoms with E-state index in [1.54, 1.807) is 0 Å². The van der Waals surface area contributed by atoms with Crippen LogP contribution in [0.5, 0.6) is 0 Å². The number of hydrogen-bond acceptors (Lipinski definition) is 3. The van der Waals surface area contributed by atoms with Crippen molar-refractivity contribution < 1.29 is 4.74 Å². The van der Waals surface area contributed by atoms with Gasteiger partial charge < -0.3 is 10.5 Å². The largest absolute Gasteiger partial charge is 0.478 e. The van der Waals surface area contributed by atoms with Crippen molar-refractivity contribution >= 4 is 5.90 Å². The van der Waals surface area contributed by atoms with E-state index >= 15 is 0 Å². The third-order valence-corrected chi connectivity index (χ3v) is 0.823. The van der Waals surface area contributed by atoms with Gasteiger partial charge in [0.15, 0.2) is 5.90 Å². The first-order chi connectivity index (χ1) is 3.43. The molecule has 2 N–H and O–H groups in total.